The average Bonchev–Trinajstić information content (AvgIpc) is 3.28. The van der Waals surface area contributed by atoms with Gasteiger partial charge in [-0.1, -0.05) is 18.2 Å². The molecule has 7 nitrogen and oxygen atoms in total. The van der Waals surface area contributed by atoms with Gasteiger partial charge in [0.05, 0.1) is 24.5 Å². The molecule has 4 aliphatic heterocycles. The highest BCUT2D eigenvalue weighted by Crippen LogP contribution is 2.53. The van der Waals surface area contributed by atoms with Crippen LogP contribution in [0.25, 0.3) is 0 Å². The Morgan fingerprint density at radius 3 is 2.83 bits per heavy atom. The van der Waals surface area contributed by atoms with Gasteiger partial charge in [-0.25, -0.2) is 0 Å². The Morgan fingerprint density at radius 1 is 1.21 bits per heavy atom. The second-order valence-corrected chi connectivity index (χ2v) is 8.52. The number of carbonyl (C=O) groups excluding carboxylic acids is 3. The summed E-state index contributed by atoms with van der Waals surface area (Å²) in [5.41, 5.74) is 2.41. The van der Waals surface area contributed by atoms with E-state index in [2.05, 4.69) is 5.32 Å². The van der Waals surface area contributed by atoms with Gasteiger partial charge < -0.3 is 19.9 Å². The Bertz CT molecular complexity index is 942. The van der Waals surface area contributed by atoms with Gasteiger partial charge in [-0.2, -0.15) is 0 Å². The van der Waals surface area contributed by atoms with E-state index in [9.17, 15) is 14.4 Å². The van der Waals surface area contributed by atoms with Crippen molar-refractivity contribution >= 4 is 23.4 Å². The summed E-state index contributed by atoms with van der Waals surface area (Å²) in [6.07, 6.45) is 3.82. The van der Waals surface area contributed by atoms with Crippen molar-refractivity contribution in [2.75, 3.05) is 31.1 Å². The molecule has 3 saturated heterocycles. The van der Waals surface area contributed by atoms with Crippen molar-refractivity contribution in [1.82, 2.24) is 10.2 Å². The molecule has 2 bridgehead atoms. The van der Waals surface area contributed by atoms with E-state index < -0.39 is 17.4 Å². The third-order valence-electron chi connectivity index (χ3n) is 6.81. The number of hydrogen-bond donors (Lipinski definition) is 1. The number of amides is 3. The first-order chi connectivity index (χ1) is 13.9. The quantitative estimate of drug-likeness (QED) is 0.756. The van der Waals surface area contributed by atoms with E-state index in [0.717, 1.165) is 11.3 Å². The second kappa shape index (κ2) is 6.42. The summed E-state index contributed by atoms with van der Waals surface area (Å²) in [5.74, 6) is -1.23. The number of hydrogen-bond acceptors (Lipinski definition) is 4. The summed E-state index contributed by atoms with van der Waals surface area (Å²) in [4.78, 5) is 41.9. The summed E-state index contributed by atoms with van der Waals surface area (Å²) >= 11 is 0. The van der Waals surface area contributed by atoms with Crippen molar-refractivity contribution in [3.63, 3.8) is 0 Å². The van der Waals surface area contributed by atoms with Crippen molar-refractivity contribution in [3.05, 3.63) is 41.5 Å². The zero-order valence-corrected chi connectivity index (χ0v) is 16.7. The first-order valence-electron chi connectivity index (χ1n) is 10.2. The Kier molecular flexibility index (Phi) is 4.07. The van der Waals surface area contributed by atoms with Gasteiger partial charge >= 0.3 is 0 Å². The molecule has 3 fully saturated rings. The summed E-state index contributed by atoms with van der Waals surface area (Å²) in [5, 5.41) is 2.79. The average molecular weight is 395 g/mol. The van der Waals surface area contributed by atoms with Crippen molar-refractivity contribution in [3.8, 4) is 0 Å². The minimum absolute atomic E-state index is 0.0429. The van der Waals surface area contributed by atoms with Crippen molar-refractivity contribution < 1.29 is 19.1 Å². The first kappa shape index (κ1) is 18.4. The molecular formula is C22H25N3O4. The Labute approximate surface area is 169 Å². The van der Waals surface area contributed by atoms with Gasteiger partial charge in [0.25, 0.3) is 0 Å². The van der Waals surface area contributed by atoms with Gasteiger partial charge in [0.2, 0.25) is 17.7 Å². The van der Waals surface area contributed by atoms with E-state index in [1.54, 1.807) is 9.80 Å². The molecule has 0 unspecified atom stereocenters. The second-order valence-electron chi connectivity index (χ2n) is 8.52. The third-order valence-corrected chi connectivity index (χ3v) is 6.81. The number of ether oxygens (including phenoxy) is 1. The number of carbonyl (C=O) groups is 3. The Hall–Kier alpha value is -2.67. The van der Waals surface area contributed by atoms with E-state index in [-0.39, 0.29) is 23.8 Å². The minimum atomic E-state index is -0.735. The highest BCUT2D eigenvalue weighted by Gasteiger charge is 2.67. The zero-order valence-electron chi connectivity index (χ0n) is 16.7. The molecule has 152 valence electrons. The fourth-order valence-corrected chi connectivity index (χ4v) is 5.09. The van der Waals surface area contributed by atoms with Crippen LogP contribution in [0.4, 0.5) is 5.69 Å². The van der Waals surface area contributed by atoms with E-state index >= 15 is 0 Å². The highest BCUT2D eigenvalue weighted by molar-refractivity contribution is 6.03. The number of fused-ring (bicyclic) bond motifs is 1. The number of anilines is 1. The Morgan fingerprint density at radius 2 is 2.03 bits per heavy atom. The number of aryl methyl sites for hydroxylation is 2. The topological polar surface area (TPSA) is 79.0 Å². The molecule has 1 aromatic carbocycles. The lowest BCUT2D eigenvalue weighted by Gasteiger charge is -2.29. The Balaban J connectivity index is 1.44. The van der Waals surface area contributed by atoms with Crippen LogP contribution in [0.15, 0.2) is 30.4 Å². The fourth-order valence-electron chi connectivity index (χ4n) is 5.09. The molecule has 4 aliphatic rings. The minimum Gasteiger partial charge on any atom is -0.360 e. The van der Waals surface area contributed by atoms with E-state index in [1.165, 1.54) is 5.56 Å². The lowest BCUT2D eigenvalue weighted by molar-refractivity contribution is -0.140. The maximum atomic E-state index is 13.5. The van der Waals surface area contributed by atoms with Gasteiger partial charge in [-0.15, -0.1) is 0 Å². The van der Waals surface area contributed by atoms with Gasteiger partial charge in [-0.3, -0.25) is 14.4 Å². The molecule has 0 saturated carbocycles. The van der Waals surface area contributed by atoms with Crippen molar-refractivity contribution in [1.29, 1.82) is 0 Å². The maximum absolute atomic E-state index is 13.5. The van der Waals surface area contributed by atoms with Crippen molar-refractivity contribution in [2.45, 2.75) is 32.0 Å². The molecule has 4 atom stereocenters. The van der Waals surface area contributed by atoms with Crippen LogP contribution < -0.4 is 10.2 Å². The molecular weight excluding hydrogens is 370 g/mol. The van der Waals surface area contributed by atoms with Crippen molar-refractivity contribution in [2.24, 2.45) is 11.8 Å². The first-order valence-corrected chi connectivity index (χ1v) is 10.2. The van der Waals surface area contributed by atoms with Crippen LogP contribution >= 0.6 is 0 Å². The standard InChI is InChI=1S/C22H25N3O4/c1-13-3-4-15(11-14(13)2)25-12-22-7-5-16(29-22)18(19(22)21(25)28)20(27)24-9-6-17(26)23-8-10-24/h3-5,7,11,16,18-19H,6,8-10,12H2,1-2H3,(H,23,26)/t16-,18-,19-,22-/m0/s1. The molecule has 5 rings (SSSR count). The fraction of sp³-hybridized carbons (Fsp3) is 0.500. The van der Waals surface area contributed by atoms with Gasteiger partial charge in [0.15, 0.2) is 0 Å². The largest absolute Gasteiger partial charge is 0.360 e. The molecule has 7 heteroatoms. The van der Waals surface area contributed by atoms with Crippen LogP contribution in [-0.2, 0) is 19.1 Å². The molecule has 3 amide bonds. The van der Waals surface area contributed by atoms with Crippen LogP contribution in [0.5, 0.6) is 0 Å². The maximum Gasteiger partial charge on any atom is 0.234 e. The monoisotopic (exact) mass is 395 g/mol. The molecule has 1 spiro atoms. The molecule has 0 radical (unpaired) electrons. The number of nitrogens with zero attached hydrogens (tertiary/aromatic N) is 2. The van der Waals surface area contributed by atoms with Crippen LogP contribution in [-0.4, -0.2) is 60.5 Å². The summed E-state index contributed by atoms with van der Waals surface area (Å²) in [7, 11) is 0. The summed E-state index contributed by atoms with van der Waals surface area (Å²) in [6.45, 7) is 5.79. The highest BCUT2D eigenvalue weighted by atomic mass is 16.5. The SMILES string of the molecule is Cc1ccc(N2C[C@]34C=C[C@H](O3)[C@H](C(=O)N3CCNC(=O)CC3)[C@H]4C2=O)cc1C. The number of benzene rings is 1. The van der Waals surface area contributed by atoms with Crippen LogP contribution in [0.3, 0.4) is 0 Å². The van der Waals surface area contributed by atoms with Gasteiger partial charge in [0.1, 0.15) is 5.60 Å². The predicted molar refractivity (Wildman–Crippen MR) is 106 cm³/mol. The van der Waals surface area contributed by atoms with E-state index in [1.807, 2.05) is 44.2 Å². The number of nitrogens with one attached hydrogen (secondary N) is 1. The van der Waals surface area contributed by atoms with E-state index in [4.69, 9.17) is 4.74 Å². The van der Waals surface area contributed by atoms with Crippen LogP contribution in [0.1, 0.15) is 17.5 Å². The lowest BCUT2D eigenvalue weighted by Crippen LogP contribution is -2.47. The predicted octanol–water partition coefficient (Wildman–Crippen LogP) is 0.938. The number of rotatable bonds is 2. The summed E-state index contributed by atoms with van der Waals surface area (Å²) < 4.78 is 6.23. The van der Waals surface area contributed by atoms with Crippen LogP contribution in [0, 0.1) is 25.7 Å². The summed E-state index contributed by atoms with van der Waals surface area (Å²) in [6, 6.07) is 5.99. The molecule has 29 heavy (non-hydrogen) atoms. The van der Waals surface area contributed by atoms with E-state index in [0.29, 0.717) is 32.6 Å². The van der Waals surface area contributed by atoms with Gasteiger partial charge in [-0.05, 0) is 37.1 Å². The van der Waals surface area contributed by atoms with Gasteiger partial charge in [0, 0.05) is 31.7 Å². The smallest absolute Gasteiger partial charge is 0.234 e. The third kappa shape index (κ3) is 2.71. The normalized spacial score (nSPS) is 33.1. The molecule has 0 aromatic heterocycles. The van der Waals surface area contributed by atoms with Crippen LogP contribution in [0.2, 0.25) is 0 Å². The molecule has 1 N–H and O–H groups in total. The zero-order chi connectivity index (χ0) is 20.3. The molecule has 1 aromatic rings. The molecule has 0 aliphatic carbocycles. The molecule has 4 heterocycles. The lowest BCUT2D eigenvalue weighted by atomic mass is 9.76.